The van der Waals surface area contributed by atoms with E-state index in [0.717, 1.165) is 11.3 Å². The maximum absolute atomic E-state index is 12.1. The largest absolute Gasteiger partial charge is 0.354 e. The molecule has 1 aromatic rings. The zero-order valence-electron chi connectivity index (χ0n) is 14.4. The van der Waals surface area contributed by atoms with Crippen molar-refractivity contribution in [2.45, 2.75) is 44.5 Å². The first-order valence-electron chi connectivity index (χ1n) is 8.38. The van der Waals surface area contributed by atoms with Crippen LogP contribution in [0.2, 0.25) is 0 Å². The van der Waals surface area contributed by atoms with Crippen LogP contribution < -0.4 is 10.0 Å². The van der Waals surface area contributed by atoms with E-state index >= 15 is 0 Å². The predicted molar refractivity (Wildman–Crippen MR) is 90.4 cm³/mol. The van der Waals surface area contributed by atoms with Gasteiger partial charge in [-0.15, -0.1) is 0 Å². The van der Waals surface area contributed by atoms with Crippen molar-refractivity contribution in [3.63, 3.8) is 0 Å². The zero-order valence-corrected chi connectivity index (χ0v) is 15.2. The van der Waals surface area contributed by atoms with Crippen LogP contribution in [-0.4, -0.2) is 60.3 Å². The van der Waals surface area contributed by atoms with Gasteiger partial charge in [0.2, 0.25) is 15.9 Å². The summed E-state index contributed by atoms with van der Waals surface area (Å²) in [5, 5.41) is 6.67. The summed E-state index contributed by atoms with van der Waals surface area (Å²) in [6.45, 7) is 3.00. The second-order valence-corrected chi connectivity index (χ2v) is 8.45. The number of fused-ring (bicyclic) bond motifs is 1. The topological polar surface area (TPSA) is 113 Å². The Morgan fingerprint density at radius 2 is 2.04 bits per heavy atom. The highest BCUT2D eigenvalue weighted by Crippen LogP contribution is 2.27. The third-order valence-electron chi connectivity index (χ3n) is 4.61. The standard InChI is InChI=1S/C15H23N5O4S/c1-10(21)19-7-5-13-12(9-19)14(15(22)16-2)18-20(13)8-6-17-25(23,24)11-3-4-11/h11,17H,3-9H2,1-2H3,(H,16,22). The van der Waals surface area contributed by atoms with Crippen molar-refractivity contribution in [2.75, 3.05) is 20.1 Å². The molecule has 1 aliphatic heterocycles. The Kier molecular flexibility index (Phi) is 4.83. The maximum Gasteiger partial charge on any atom is 0.271 e. The molecule has 0 atom stereocenters. The summed E-state index contributed by atoms with van der Waals surface area (Å²) in [4.78, 5) is 25.4. The molecule has 3 rings (SSSR count). The van der Waals surface area contributed by atoms with Crippen LogP contribution in [0.3, 0.4) is 0 Å². The van der Waals surface area contributed by atoms with Gasteiger partial charge in [0.05, 0.1) is 11.8 Å². The lowest BCUT2D eigenvalue weighted by Crippen LogP contribution is -2.36. The molecule has 0 radical (unpaired) electrons. The lowest BCUT2D eigenvalue weighted by molar-refractivity contribution is -0.129. The number of carbonyl (C=O) groups excluding carboxylic acids is 2. The van der Waals surface area contributed by atoms with E-state index in [9.17, 15) is 18.0 Å². The molecule has 9 nitrogen and oxygen atoms in total. The Morgan fingerprint density at radius 3 is 2.64 bits per heavy atom. The molecule has 1 aromatic heterocycles. The second-order valence-electron chi connectivity index (χ2n) is 6.41. The van der Waals surface area contributed by atoms with Crippen molar-refractivity contribution in [1.82, 2.24) is 24.7 Å². The minimum absolute atomic E-state index is 0.0431. The number of nitrogens with zero attached hydrogens (tertiary/aromatic N) is 3. The molecule has 2 heterocycles. The monoisotopic (exact) mass is 369 g/mol. The summed E-state index contributed by atoms with van der Waals surface area (Å²) < 4.78 is 28.1. The Hall–Kier alpha value is -1.94. The predicted octanol–water partition coefficient (Wildman–Crippen LogP) is -0.771. The Bertz CT molecular complexity index is 797. The molecule has 25 heavy (non-hydrogen) atoms. The molecule has 138 valence electrons. The van der Waals surface area contributed by atoms with Crippen LogP contribution in [-0.2, 0) is 34.3 Å². The van der Waals surface area contributed by atoms with Gasteiger partial charge >= 0.3 is 0 Å². The van der Waals surface area contributed by atoms with Crippen molar-refractivity contribution in [1.29, 1.82) is 0 Å². The van der Waals surface area contributed by atoms with Crippen LogP contribution in [0.25, 0.3) is 0 Å². The lowest BCUT2D eigenvalue weighted by atomic mass is 10.0. The van der Waals surface area contributed by atoms with Crippen LogP contribution in [0.4, 0.5) is 0 Å². The quantitative estimate of drug-likeness (QED) is 0.684. The average Bonchev–Trinajstić information content (AvgIpc) is 3.38. The van der Waals surface area contributed by atoms with Crippen LogP contribution in [0.15, 0.2) is 0 Å². The summed E-state index contributed by atoms with van der Waals surface area (Å²) in [5.74, 6) is -0.350. The zero-order chi connectivity index (χ0) is 18.2. The smallest absolute Gasteiger partial charge is 0.271 e. The molecule has 2 N–H and O–H groups in total. The molecular weight excluding hydrogens is 346 g/mol. The van der Waals surface area contributed by atoms with Gasteiger partial charge in [0.25, 0.3) is 5.91 Å². The van der Waals surface area contributed by atoms with Gasteiger partial charge in [-0.25, -0.2) is 13.1 Å². The molecule has 0 aromatic carbocycles. The van der Waals surface area contributed by atoms with E-state index in [1.54, 1.807) is 9.58 Å². The fourth-order valence-electron chi connectivity index (χ4n) is 3.04. The number of carbonyl (C=O) groups is 2. The lowest BCUT2D eigenvalue weighted by Gasteiger charge is -2.26. The van der Waals surface area contributed by atoms with E-state index in [1.807, 2.05) is 0 Å². The second kappa shape index (κ2) is 6.75. The highest BCUT2D eigenvalue weighted by molar-refractivity contribution is 7.90. The number of nitrogens with one attached hydrogen (secondary N) is 2. The molecule has 10 heteroatoms. The number of sulfonamides is 1. The Balaban J connectivity index is 1.78. The number of amides is 2. The normalized spacial score (nSPS) is 17.3. The van der Waals surface area contributed by atoms with E-state index in [2.05, 4.69) is 15.1 Å². The number of rotatable bonds is 6. The van der Waals surface area contributed by atoms with Crippen molar-refractivity contribution in [3.05, 3.63) is 17.0 Å². The molecule has 2 aliphatic rings. The first kappa shape index (κ1) is 17.9. The van der Waals surface area contributed by atoms with Crippen LogP contribution in [0, 0.1) is 0 Å². The van der Waals surface area contributed by atoms with Crippen molar-refractivity contribution in [2.24, 2.45) is 0 Å². The molecule has 0 spiro atoms. The third kappa shape index (κ3) is 3.69. The Morgan fingerprint density at radius 1 is 1.32 bits per heavy atom. The van der Waals surface area contributed by atoms with Gasteiger partial charge in [0.15, 0.2) is 5.69 Å². The molecule has 1 fully saturated rings. The van der Waals surface area contributed by atoms with Gasteiger partial charge in [0, 0.05) is 51.3 Å². The van der Waals surface area contributed by atoms with Crippen molar-refractivity contribution < 1.29 is 18.0 Å². The van der Waals surface area contributed by atoms with Gasteiger partial charge in [-0.1, -0.05) is 0 Å². The molecule has 0 bridgehead atoms. The molecule has 0 unspecified atom stereocenters. The summed E-state index contributed by atoms with van der Waals surface area (Å²) in [5.41, 5.74) is 1.93. The third-order valence-corrected chi connectivity index (χ3v) is 6.57. The van der Waals surface area contributed by atoms with Crippen LogP contribution in [0.1, 0.15) is 41.5 Å². The first-order valence-corrected chi connectivity index (χ1v) is 9.92. The number of aromatic nitrogens is 2. The van der Waals surface area contributed by atoms with Crippen LogP contribution >= 0.6 is 0 Å². The van der Waals surface area contributed by atoms with E-state index in [4.69, 9.17) is 0 Å². The maximum atomic E-state index is 12.1. The van der Waals surface area contributed by atoms with Crippen molar-refractivity contribution >= 4 is 21.8 Å². The summed E-state index contributed by atoms with van der Waals surface area (Å²) in [6, 6.07) is 0. The number of hydrogen-bond acceptors (Lipinski definition) is 5. The van der Waals surface area contributed by atoms with Gasteiger partial charge < -0.3 is 10.2 Å². The Labute approximate surface area is 146 Å². The highest BCUT2D eigenvalue weighted by atomic mass is 32.2. The van der Waals surface area contributed by atoms with Gasteiger partial charge in [-0.3, -0.25) is 14.3 Å². The summed E-state index contributed by atoms with van der Waals surface area (Å²) >= 11 is 0. The SMILES string of the molecule is CNC(=O)c1nn(CCNS(=O)(=O)C2CC2)c2c1CN(C(C)=O)CC2. The highest BCUT2D eigenvalue weighted by Gasteiger charge is 2.35. The van der Waals surface area contributed by atoms with Crippen LogP contribution in [0.5, 0.6) is 0 Å². The fourth-order valence-corrected chi connectivity index (χ4v) is 4.40. The van der Waals surface area contributed by atoms with E-state index in [1.165, 1.54) is 14.0 Å². The molecular formula is C15H23N5O4S. The average molecular weight is 369 g/mol. The minimum Gasteiger partial charge on any atom is -0.354 e. The minimum atomic E-state index is -3.24. The molecule has 1 aliphatic carbocycles. The first-order chi connectivity index (χ1) is 11.8. The van der Waals surface area contributed by atoms with E-state index in [-0.39, 0.29) is 23.6 Å². The van der Waals surface area contributed by atoms with Gasteiger partial charge in [0.1, 0.15) is 0 Å². The van der Waals surface area contributed by atoms with E-state index < -0.39 is 10.0 Å². The van der Waals surface area contributed by atoms with Gasteiger partial charge in [-0.2, -0.15) is 5.10 Å². The fraction of sp³-hybridized carbons (Fsp3) is 0.667. The van der Waals surface area contributed by atoms with Gasteiger partial charge in [-0.05, 0) is 12.8 Å². The summed E-state index contributed by atoms with van der Waals surface area (Å²) in [6.07, 6.45) is 2.02. The van der Waals surface area contributed by atoms with E-state index in [0.29, 0.717) is 44.6 Å². The number of hydrogen-bond donors (Lipinski definition) is 2. The molecule has 1 saturated carbocycles. The molecule has 2 amide bonds. The molecule has 0 saturated heterocycles. The van der Waals surface area contributed by atoms with Crippen molar-refractivity contribution in [3.8, 4) is 0 Å². The summed E-state index contributed by atoms with van der Waals surface area (Å²) in [7, 11) is -1.71.